The lowest BCUT2D eigenvalue weighted by atomic mass is 10.1. The van der Waals surface area contributed by atoms with Crippen LogP contribution in [0.3, 0.4) is 0 Å². The van der Waals surface area contributed by atoms with Crippen LogP contribution >= 0.6 is 0 Å². The van der Waals surface area contributed by atoms with E-state index in [1.54, 1.807) is 20.1 Å². The number of aryl methyl sites for hydroxylation is 1. The standard InChI is InChI=1S/C19H24N2O5S/c1-14-12-17(8-9-18(14)26-3)27(23,24)21-13-19(22)20-11-10-15-4-6-16(25-2)7-5-15/h4-9,12,21H,10-11,13H2,1-3H3,(H,20,22). The molecule has 0 saturated heterocycles. The first-order chi connectivity index (χ1) is 12.9. The van der Waals surface area contributed by atoms with Crippen molar-refractivity contribution in [1.29, 1.82) is 0 Å². The van der Waals surface area contributed by atoms with Gasteiger partial charge in [0.05, 0.1) is 25.7 Å². The summed E-state index contributed by atoms with van der Waals surface area (Å²) in [4.78, 5) is 12.0. The van der Waals surface area contributed by atoms with Crippen molar-refractivity contribution in [3.8, 4) is 11.5 Å². The highest BCUT2D eigenvalue weighted by molar-refractivity contribution is 7.89. The Morgan fingerprint density at radius 1 is 1.04 bits per heavy atom. The highest BCUT2D eigenvalue weighted by Gasteiger charge is 2.16. The van der Waals surface area contributed by atoms with Crippen molar-refractivity contribution in [2.45, 2.75) is 18.2 Å². The van der Waals surface area contributed by atoms with E-state index in [1.165, 1.54) is 19.2 Å². The SMILES string of the molecule is COc1ccc(CCNC(=O)CNS(=O)(=O)c2ccc(OC)c(C)c2)cc1. The second kappa shape index (κ2) is 9.38. The van der Waals surface area contributed by atoms with Gasteiger partial charge in [-0.3, -0.25) is 4.79 Å². The summed E-state index contributed by atoms with van der Waals surface area (Å²) >= 11 is 0. The third kappa shape index (κ3) is 5.97. The van der Waals surface area contributed by atoms with E-state index in [9.17, 15) is 13.2 Å². The van der Waals surface area contributed by atoms with Gasteiger partial charge in [0, 0.05) is 6.54 Å². The van der Waals surface area contributed by atoms with Crippen molar-refractivity contribution in [2.75, 3.05) is 27.3 Å². The number of nitrogens with one attached hydrogen (secondary N) is 2. The van der Waals surface area contributed by atoms with Gasteiger partial charge in [0.25, 0.3) is 0 Å². The molecular formula is C19H24N2O5S. The second-order valence-corrected chi connectivity index (χ2v) is 7.67. The van der Waals surface area contributed by atoms with Crippen molar-refractivity contribution < 1.29 is 22.7 Å². The maximum absolute atomic E-state index is 12.3. The van der Waals surface area contributed by atoms with Gasteiger partial charge < -0.3 is 14.8 Å². The summed E-state index contributed by atoms with van der Waals surface area (Å²) in [5.41, 5.74) is 1.75. The molecule has 8 heteroatoms. The molecule has 1 amide bonds. The third-order valence-electron chi connectivity index (χ3n) is 3.99. The molecule has 0 radical (unpaired) electrons. The Hall–Kier alpha value is -2.58. The molecule has 0 aromatic heterocycles. The van der Waals surface area contributed by atoms with E-state index in [1.807, 2.05) is 24.3 Å². The fraction of sp³-hybridized carbons (Fsp3) is 0.316. The van der Waals surface area contributed by atoms with E-state index in [-0.39, 0.29) is 11.4 Å². The Labute approximate surface area is 159 Å². The Bertz CT molecular complexity index is 879. The number of hydrogen-bond acceptors (Lipinski definition) is 5. The Morgan fingerprint density at radius 2 is 1.74 bits per heavy atom. The topological polar surface area (TPSA) is 93.7 Å². The first-order valence-electron chi connectivity index (χ1n) is 8.39. The van der Waals surface area contributed by atoms with E-state index in [0.29, 0.717) is 24.3 Å². The normalized spacial score (nSPS) is 11.1. The van der Waals surface area contributed by atoms with Crippen molar-refractivity contribution in [1.82, 2.24) is 10.0 Å². The summed E-state index contributed by atoms with van der Waals surface area (Å²) in [6, 6.07) is 12.1. The van der Waals surface area contributed by atoms with Crippen molar-refractivity contribution in [3.63, 3.8) is 0 Å². The zero-order valence-electron chi connectivity index (χ0n) is 15.6. The van der Waals surface area contributed by atoms with Gasteiger partial charge in [-0.1, -0.05) is 12.1 Å². The zero-order valence-corrected chi connectivity index (χ0v) is 16.4. The van der Waals surface area contributed by atoms with Gasteiger partial charge in [0.2, 0.25) is 15.9 Å². The molecule has 0 aliphatic carbocycles. The minimum Gasteiger partial charge on any atom is -0.497 e. The molecule has 0 saturated carbocycles. The molecule has 0 bridgehead atoms. The van der Waals surface area contributed by atoms with E-state index in [2.05, 4.69) is 10.0 Å². The molecule has 0 aliphatic heterocycles. The molecule has 2 N–H and O–H groups in total. The number of benzene rings is 2. The Kier molecular flexibility index (Phi) is 7.20. The van der Waals surface area contributed by atoms with Gasteiger partial charge in [0.1, 0.15) is 11.5 Å². The van der Waals surface area contributed by atoms with Crippen LogP contribution in [0, 0.1) is 6.92 Å². The molecule has 0 atom stereocenters. The van der Waals surface area contributed by atoms with Gasteiger partial charge in [-0.15, -0.1) is 0 Å². The van der Waals surface area contributed by atoms with E-state index in [4.69, 9.17) is 9.47 Å². The van der Waals surface area contributed by atoms with E-state index in [0.717, 1.165) is 11.3 Å². The molecule has 0 heterocycles. The molecule has 2 aromatic rings. The molecular weight excluding hydrogens is 368 g/mol. The average Bonchev–Trinajstić information content (AvgIpc) is 2.67. The van der Waals surface area contributed by atoms with Crippen molar-refractivity contribution in [3.05, 3.63) is 53.6 Å². The number of hydrogen-bond donors (Lipinski definition) is 2. The van der Waals surface area contributed by atoms with Crippen LogP contribution in [-0.2, 0) is 21.2 Å². The maximum Gasteiger partial charge on any atom is 0.241 e. The Morgan fingerprint density at radius 3 is 2.33 bits per heavy atom. The van der Waals surface area contributed by atoms with Crippen LogP contribution in [0.1, 0.15) is 11.1 Å². The average molecular weight is 392 g/mol. The van der Waals surface area contributed by atoms with Crippen LogP contribution in [0.4, 0.5) is 0 Å². The lowest BCUT2D eigenvalue weighted by Gasteiger charge is -2.10. The highest BCUT2D eigenvalue weighted by atomic mass is 32.2. The van der Waals surface area contributed by atoms with Crippen LogP contribution in [-0.4, -0.2) is 41.6 Å². The number of amides is 1. The third-order valence-corrected chi connectivity index (χ3v) is 5.39. The first kappa shape index (κ1) is 20.7. The zero-order chi connectivity index (χ0) is 19.9. The monoisotopic (exact) mass is 392 g/mol. The number of ether oxygens (including phenoxy) is 2. The number of methoxy groups -OCH3 is 2. The highest BCUT2D eigenvalue weighted by Crippen LogP contribution is 2.21. The molecule has 0 spiro atoms. The molecule has 146 valence electrons. The van der Waals surface area contributed by atoms with Crippen molar-refractivity contribution in [2.24, 2.45) is 0 Å². The van der Waals surface area contributed by atoms with Crippen LogP contribution in [0.15, 0.2) is 47.4 Å². The lowest BCUT2D eigenvalue weighted by Crippen LogP contribution is -2.37. The summed E-state index contributed by atoms with van der Waals surface area (Å²) in [7, 11) is -0.648. The van der Waals surface area contributed by atoms with Crippen LogP contribution in [0.5, 0.6) is 11.5 Å². The fourth-order valence-corrected chi connectivity index (χ4v) is 3.53. The molecule has 2 aromatic carbocycles. The fourth-order valence-electron chi connectivity index (χ4n) is 2.46. The van der Waals surface area contributed by atoms with Gasteiger partial charge in [0.15, 0.2) is 0 Å². The summed E-state index contributed by atoms with van der Waals surface area (Å²) in [6.07, 6.45) is 0.639. The maximum atomic E-state index is 12.3. The first-order valence-corrected chi connectivity index (χ1v) is 9.88. The Balaban J connectivity index is 1.82. The number of rotatable bonds is 9. The molecule has 7 nitrogen and oxygen atoms in total. The summed E-state index contributed by atoms with van der Waals surface area (Å²) in [6.45, 7) is 1.84. The van der Waals surface area contributed by atoms with Crippen LogP contribution < -0.4 is 19.5 Å². The van der Waals surface area contributed by atoms with E-state index >= 15 is 0 Å². The predicted molar refractivity (Wildman–Crippen MR) is 103 cm³/mol. The second-order valence-electron chi connectivity index (χ2n) is 5.90. The van der Waals surface area contributed by atoms with Crippen molar-refractivity contribution >= 4 is 15.9 Å². The van der Waals surface area contributed by atoms with Gasteiger partial charge in [-0.25, -0.2) is 13.1 Å². The number of carbonyl (C=O) groups excluding carboxylic acids is 1. The predicted octanol–water partition coefficient (Wildman–Crippen LogP) is 1.65. The number of carbonyl (C=O) groups is 1. The molecule has 27 heavy (non-hydrogen) atoms. The lowest BCUT2D eigenvalue weighted by molar-refractivity contribution is -0.119. The van der Waals surface area contributed by atoms with Crippen LogP contribution in [0.25, 0.3) is 0 Å². The van der Waals surface area contributed by atoms with Gasteiger partial charge >= 0.3 is 0 Å². The largest absolute Gasteiger partial charge is 0.497 e. The summed E-state index contributed by atoms with van der Waals surface area (Å²) in [5, 5.41) is 2.70. The molecule has 2 rings (SSSR count). The number of sulfonamides is 1. The van der Waals surface area contributed by atoms with Gasteiger partial charge in [-0.05, 0) is 54.8 Å². The quantitative estimate of drug-likeness (QED) is 0.677. The van der Waals surface area contributed by atoms with Crippen LogP contribution in [0.2, 0.25) is 0 Å². The van der Waals surface area contributed by atoms with E-state index < -0.39 is 15.9 Å². The van der Waals surface area contributed by atoms with Gasteiger partial charge in [-0.2, -0.15) is 0 Å². The molecule has 0 fully saturated rings. The summed E-state index contributed by atoms with van der Waals surface area (Å²) in [5.74, 6) is 0.980. The molecule has 0 unspecified atom stereocenters. The molecule has 0 aliphatic rings. The smallest absolute Gasteiger partial charge is 0.241 e. The minimum atomic E-state index is -3.77. The minimum absolute atomic E-state index is 0.0897. The summed E-state index contributed by atoms with van der Waals surface area (Å²) < 4.78 is 37.1.